The first-order valence-electron chi connectivity index (χ1n) is 22.3. The van der Waals surface area contributed by atoms with E-state index in [1.54, 1.807) is 0 Å². The van der Waals surface area contributed by atoms with Gasteiger partial charge in [-0.1, -0.05) is 80.6 Å². The van der Waals surface area contributed by atoms with Crippen LogP contribution in [0.25, 0.3) is 54.7 Å². The van der Waals surface area contributed by atoms with Crippen LogP contribution >= 0.6 is 0 Å². The molecule has 1 saturated carbocycles. The smallest absolute Gasteiger partial charge is 0.407 e. The summed E-state index contributed by atoms with van der Waals surface area (Å²) in [7, 11) is 2.63. The third-order valence-corrected chi connectivity index (χ3v) is 13.9. The average molecular weight is 861 g/mol. The average Bonchev–Trinajstić information content (AvgIpc) is 4.18. The number of ether oxygens (including phenoxy) is 2. The van der Waals surface area contributed by atoms with E-state index in [0.717, 1.165) is 110 Å². The number of nitrogens with one attached hydrogen (secondary N) is 4. The molecule has 3 amide bonds. The summed E-state index contributed by atoms with van der Waals surface area (Å²) < 4.78 is 9.81. The van der Waals surface area contributed by atoms with Gasteiger partial charge in [0.05, 0.1) is 60.5 Å². The largest absolute Gasteiger partial charge is 0.453 e. The second-order valence-electron chi connectivity index (χ2n) is 17.9. The number of aldehydes is 1. The number of piperidine rings is 1. The van der Waals surface area contributed by atoms with E-state index in [2.05, 4.69) is 74.0 Å². The Bertz CT molecular complexity index is 2930. The van der Waals surface area contributed by atoms with Gasteiger partial charge in [0.25, 0.3) is 0 Å². The van der Waals surface area contributed by atoms with Crippen LogP contribution in [0.4, 0.5) is 9.59 Å². The number of hydrogen-bond donors (Lipinski definition) is 4. The fraction of sp³-hybridized carbons (Fsp3) is 0.360. The lowest BCUT2D eigenvalue weighted by molar-refractivity contribution is -0.139. The van der Waals surface area contributed by atoms with Gasteiger partial charge in [-0.25, -0.2) is 19.6 Å². The Hall–Kier alpha value is -6.80. The Kier molecular flexibility index (Phi) is 10.8. The van der Waals surface area contributed by atoms with E-state index in [4.69, 9.17) is 19.4 Å². The number of nitrogens with zero attached hydrogens (tertiary/aromatic N) is 4. The molecule has 3 fully saturated rings. The van der Waals surface area contributed by atoms with E-state index in [9.17, 15) is 19.2 Å². The zero-order valence-corrected chi connectivity index (χ0v) is 36.3. The Morgan fingerprint density at radius 2 is 1.39 bits per heavy atom. The van der Waals surface area contributed by atoms with Gasteiger partial charge in [0.1, 0.15) is 24.0 Å². The van der Waals surface area contributed by atoms with E-state index >= 15 is 0 Å². The minimum absolute atomic E-state index is 0.0936. The molecule has 328 valence electrons. The maximum Gasteiger partial charge on any atom is 0.407 e. The van der Waals surface area contributed by atoms with E-state index in [-0.39, 0.29) is 30.0 Å². The highest BCUT2D eigenvalue weighted by Gasteiger charge is 2.51. The van der Waals surface area contributed by atoms with Gasteiger partial charge in [-0.15, -0.1) is 0 Å². The second kappa shape index (κ2) is 16.7. The summed E-state index contributed by atoms with van der Waals surface area (Å²) in [5.41, 5.74) is 6.55. The molecule has 1 aliphatic carbocycles. The van der Waals surface area contributed by atoms with Gasteiger partial charge in [0, 0.05) is 16.8 Å². The third-order valence-electron chi connectivity index (χ3n) is 13.9. The van der Waals surface area contributed by atoms with Crippen LogP contribution in [0.2, 0.25) is 0 Å². The maximum atomic E-state index is 14.1. The molecule has 4 heterocycles. The molecule has 2 aliphatic heterocycles. The predicted molar refractivity (Wildman–Crippen MR) is 244 cm³/mol. The number of carbonyl (C=O) groups is 4. The highest BCUT2D eigenvalue weighted by Crippen LogP contribution is 2.50. The fourth-order valence-corrected chi connectivity index (χ4v) is 10.8. The molecule has 0 spiro atoms. The number of hydrogen-bond acceptors (Lipinski definition) is 9. The lowest BCUT2D eigenvalue weighted by atomic mass is 9.95. The molecule has 3 aliphatic rings. The zero-order valence-electron chi connectivity index (χ0n) is 36.3. The summed E-state index contributed by atoms with van der Waals surface area (Å²) in [5, 5.41) is 9.93. The van der Waals surface area contributed by atoms with Gasteiger partial charge in [-0.2, -0.15) is 0 Å². The molecule has 0 radical (unpaired) electrons. The highest BCUT2D eigenvalue weighted by molar-refractivity contribution is 6.07. The quantitative estimate of drug-likeness (QED) is 0.0929. The van der Waals surface area contributed by atoms with Crippen LogP contribution in [0.5, 0.6) is 0 Å². The Morgan fingerprint density at radius 3 is 2.02 bits per heavy atom. The van der Waals surface area contributed by atoms with Crippen LogP contribution in [-0.4, -0.2) is 93.0 Å². The van der Waals surface area contributed by atoms with Crippen LogP contribution in [0.1, 0.15) is 81.3 Å². The SMILES string of the molecule is COC(=O)N[C@H](C(=O)N1[C@H]2CC[C@H](C2)[C@H]1c1nc2ccc3cc(-c4ccc5c(ccc6nc([C@@H]7CCCN7C(C=O)[C@H](NC(=O)OC)c7ccccc7)[nH]c65)c4)ccc3c2[nH]1)C(C)C. The van der Waals surface area contributed by atoms with Crippen LogP contribution < -0.4 is 10.6 Å². The van der Waals surface area contributed by atoms with Gasteiger partial charge in [0.2, 0.25) is 5.91 Å². The minimum Gasteiger partial charge on any atom is -0.453 e. The van der Waals surface area contributed by atoms with Crippen molar-refractivity contribution in [2.24, 2.45) is 11.8 Å². The molecule has 2 aromatic heterocycles. The Balaban J connectivity index is 0.925. The summed E-state index contributed by atoms with van der Waals surface area (Å²) >= 11 is 0. The standard InChI is InChI=1S/C50H52N8O6/c1-27(2)41(55-49(61)63-3)48(60)58-34-17-12-33(25-34)45(58)47-52-38-21-16-32-24-30(14-19-36(32)44(38)54-47)29-13-18-35-31(23-29)15-20-37-43(35)53-46(51-37)39-11-8-22-57(39)40(26-59)42(56-50(62)64-4)28-9-6-5-7-10-28/h5-7,9-10,13-16,18-21,23-24,26-27,33-34,39-42,45H,8,11-12,17,22,25H2,1-4H3,(H,51,53)(H,52,54)(H,55,61)(H,56,62)/t33-,34+,39+,40?,41+,42-,45+/m1/s1. The monoisotopic (exact) mass is 860 g/mol. The number of carbonyl (C=O) groups excluding carboxylic acids is 4. The van der Waals surface area contributed by atoms with Crippen molar-refractivity contribution in [2.75, 3.05) is 20.8 Å². The third kappa shape index (κ3) is 7.19. The summed E-state index contributed by atoms with van der Waals surface area (Å²) in [4.78, 5) is 73.3. The number of rotatable bonds is 11. The first-order valence-corrected chi connectivity index (χ1v) is 22.3. The van der Waals surface area contributed by atoms with Crippen molar-refractivity contribution < 1.29 is 28.7 Å². The topological polar surface area (TPSA) is 175 Å². The summed E-state index contributed by atoms with van der Waals surface area (Å²) in [5.74, 6) is 1.66. The van der Waals surface area contributed by atoms with Crippen molar-refractivity contribution >= 4 is 68.0 Å². The number of imidazole rings is 2. The molecule has 5 aromatic carbocycles. The van der Waals surface area contributed by atoms with Crippen molar-refractivity contribution in [2.45, 2.75) is 82.2 Å². The van der Waals surface area contributed by atoms with Gasteiger partial charge < -0.3 is 39.8 Å². The lowest BCUT2D eigenvalue weighted by Gasteiger charge is -2.37. The van der Waals surface area contributed by atoms with Crippen molar-refractivity contribution in [3.05, 3.63) is 108 Å². The number of likely N-dealkylation sites (tertiary alicyclic amines) is 2. The molecular formula is C50H52N8O6. The van der Waals surface area contributed by atoms with Crippen LogP contribution in [-0.2, 0) is 19.1 Å². The maximum absolute atomic E-state index is 14.1. The van der Waals surface area contributed by atoms with Crippen LogP contribution in [0.3, 0.4) is 0 Å². The van der Waals surface area contributed by atoms with Crippen molar-refractivity contribution in [3.63, 3.8) is 0 Å². The molecule has 1 unspecified atom stereocenters. The normalized spacial score (nSPS) is 21.2. The molecule has 4 N–H and O–H groups in total. The number of aromatic nitrogens is 4. The Morgan fingerprint density at radius 1 is 0.766 bits per heavy atom. The number of amides is 3. The summed E-state index contributed by atoms with van der Waals surface area (Å²) in [6, 6.07) is 28.6. The minimum atomic E-state index is -0.695. The van der Waals surface area contributed by atoms with E-state index < -0.39 is 30.3 Å². The molecule has 7 atom stereocenters. The lowest BCUT2D eigenvalue weighted by Crippen LogP contribution is -2.54. The molecule has 2 bridgehead atoms. The van der Waals surface area contributed by atoms with E-state index in [1.807, 2.05) is 61.2 Å². The molecule has 14 nitrogen and oxygen atoms in total. The highest BCUT2D eigenvalue weighted by atomic mass is 16.5. The number of alkyl carbamates (subject to hydrolysis) is 2. The molecular weight excluding hydrogens is 809 g/mol. The molecule has 10 rings (SSSR count). The number of benzene rings is 5. The van der Waals surface area contributed by atoms with Crippen molar-refractivity contribution in [1.82, 2.24) is 40.4 Å². The number of H-pyrrole nitrogens is 2. The first-order chi connectivity index (χ1) is 31.1. The van der Waals surface area contributed by atoms with E-state index in [1.165, 1.54) is 14.2 Å². The summed E-state index contributed by atoms with van der Waals surface area (Å²) in [6.07, 6.45) is 4.31. The van der Waals surface area contributed by atoms with Crippen LogP contribution in [0.15, 0.2) is 91.0 Å². The van der Waals surface area contributed by atoms with Crippen molar-refractivity contribution in [3.8, 4) is 11.1 Å². The molecule has 14 heteroatoms. The number of fused-ring (bicyclic) bond motifs is 8. The number of aromatic amines is 2. The molecule has 64 heavy (non-hydrogen) atoms. The van der Waals surface area contributed by atoms with Gasteiger partial charge in [-0.3, -0.25) is 9.69 Å². The van der Waals surface area contributed by atoms with E-state index in [0.29, 0.717) is 12.5 Å². The van der Waals surface area contributed by atoms with Gasteiger partial charge in [0.15, 0.2) is 0 Å². The second-order valence-corrected chi connectivity index (χ2v) is 17.9. The zero-order chi connectivity index (χ0) is 44.2. The first kappa shape index (κ1) is 41.2. The molecule has 2 saturated heterocycles. The summed E-state index contributed by atoms with van der Waals surface area (Å²) in [6.45, 7) is 4.55. The Labute approximate surface area is 370 Å². The predicted octanol–water partition coefficient (Wildman–Crippen LogP) is 8.65. The van der Waals surface area contributed by atoms with Gasteiger partial charge in [-0.05, 0) is 102 Å². The van der Waals surface area contributed by atoms with Gasteiger partial charge >= 0.3 is 12.2 Å². The molecule has 7 aromatic rings. The van der Waals surface area contributed by atoms with Crippen molar-refractivity contribution in [1.29, 1.82) is 0 Å². The number of methoxy groups -OCH3 is 2. The van der Waals surface area contributed by atoms with Crippen LogP contribution in [0, 0.1) is 11.8 Å². The fourth-order valence-electron chi connectivity index (χ4n) is 10.8.